The van der Waals surface area contributed by atoms with Crippen molar-refractivity contribution in [2.45, 2.75) is 19.3 Å². The fraction of sp³-hybridized carbons (Fsp3) is 0.333. The van der Waals surface area contributed by atoms with Crippen molar-refractivity contribution in [1.82, 2.24) is 9.97 Å². The number of ether oxygens (including phenoxy) is 1. The number of nitrogens with zero attached hydrogens (tertiary/aromatic N) is 1. The van der Waals surface area contributed by atoms with Gasteiger partial charge in [0, 0.05) is 12.0 Å². The Morgan fingerprint density at radius 1 is 1.30 bits per heavy atom. The summed E-state index contributed by atoms with van der Waals surface area (Å²) in [6.07, 6.45) is 1.36. The highest BCUT2D eigenvalue weighted by atomic mass is 16.5. The third kappa shape index (κ3) is 2.99. The molecule has 5 nitrogen and oxygen atoms in total. The molecule has 2 N–H and O–H groups in total. The molecule has 106 valence electrons. The second kappa shape index (κ2) is 5.77. The SMILES string of the molecule is COc1c(NCC(C)(C)c2ccccc2)nc[nH]c1=O. The molecule has 0 amide bonds. The van der Waals surface area contributed by atoms with Gasteiger partial charge in [-0.15, -0.1) is 0 Å². The van der Waals surface area contributed by atoms with E-state index >= 15 is 0 Å². The average molecular weight is 273 g/mol. The molecule has 0 bridgehead atoms. The van der Waals surface area contributed by atoms with Crippen molar-refractivity contribution < 1.29 is 4.74 Å². The number of H-pyrrole nitrogens is 1. The zero-order valence-electron chi connectivity index (χ0n) is 11.9. The lowest BCUT2D eigenvalue weighted by Crippen LogP contribution is -2.28. The molecule has 0 radical (unpaired) electrons. The smallest absolute Gasteiger partial charge is 0.295 e. The van der Waals surface area contributed by atoms with Crippen LogP contribution in [0.4, 0.5) is 5.82 Å². The van der Waals surface area contributed by atoms with E-state index in [1.807, 2.05) is 18.2 Å². The number of hydrogen-bond donors (Lipinski definition) is 2. The lowest BCUT2D eigenvalue weighted by molar-refractivity contribution is 0.407. The Labute approximate surface area is 118 Å². The number of anilines is 1. The van der Waals surface area contributed by atoms with E-state index in [0.29, 0.717) is 12.4 Å². The maximum Gasteiger partial charge on any atom is 0.295 e. The third-order valence-corrected chi connectivity index (χ3v) is 3.27. The van der Waals surface area contributed by atoms with Crippen LogP contribution in [0.2, 0.25) is 0 Å². The van der Waals surface area contributed by atoms with Gasteiger partial charge in [0.25, 0.3) is 5.56 Å². The monoisotopic (exact) mass is 273 g/mol. The quantitative estimate of drug-likeness (QED) is 0.876. The van der Waals surface area contributed by atoms with Crippen molar-refractivity contribution in [3.05, 3.63) is 52.6 Å². The van der Waals surface area contributed by atoms with Crippen LogP contribution in [0.3, 0.4) is 0 Å². The molecule has 0 saturated carbocycles. The van der Waals surface area contributed by atoms with Gasteiger partial charge in [-0.1, -0.05) is 44.2 Å². The van der Waals surface area contributed by atoms with Crippen LogP contribution in [0.25, 0.3) is 0 Å². The van der Waals surface area contributed by atoms with Gasteiger partial charge in [-0.25, -0.2) is 4.98 Å². The lowest BCUT2D eigenvalue weighted by atomic mass is 9.84. The number of hydrogen-bond acceptors (Lipinski definition) is 4. The van der Waals surface area contributed by atoms with E-state index < -0.39 is 0 Å². The molecule has 5 heteroatoms. The first kappa shape index (κ1) is 14.1. The molecule has 0 unspecified atom stereocenters. The van der Waals surface area contributed by atoms with Crippen LogP contribution >= 0.6 is 0 Å². The summed E-state index contributed by atoms with van der Waals surface area (Å²) in [5.41, 5.74) is 0.843. The second-order valence-electron chi connectivity index (χ2n) is 5.22. The fourth-order valence-electron chi connectivity index (χ4n) is 2.00. The first-order chi connectivity index (χ1) is 9.54. The Balaban J connectivity index is 2.17. The molecule has 2 rings (SSSR count). The van der Waals surface area contributed by atoms with E-state index in [1.165, 1.54) is 19.0 Å². The van der Waals surface area contributed by atoms with Crippen molar-refractivity contribution in [3.8, 4) is 5.75 Å². The molecule has 0 aliphatic rings. The summed E-state index contributed by atoms with van der Waals surface area (Å²) < 4.78 is 5.08. The van der Waals surface area contributed by atoms with Gasteiger partial charge in [0.2, 0.25) is 5.75 Å². The minimum absolute atomic E-state index is 0.0868. The molecule has 2 aromatic rings. The molecule has 0 atom stereocenters. The molecule has 0 fully saturated rings. The highest BCUT2D eigenvalue weighted by Crippen LogP contribution is 2.24. The zero-order valence-corrected chi connectivity index (χ0v) is 11.9. The van der Waals surface area contributed by atoms with Gasteiger partial charge in [-0.2, -0.15) is 0 Å². The first-order valence-electron chi connectivity index (χ1n) is 6.45. The molecule has 1 aromatic heterocycles. The van der Waals surface area contributed by atoms with Crippen molar-refractivity contribution in [2.24, 2.45) is 0 Å². The highest BCUT2D eigenvalue weighted by Gasteiger charge is 2.21. The molecule has 0 spiro atoms. The Morgan fingerprint density at radius 2 is 2.00 bits per heavy atom. The molecule has 0 aliphatic heterocycles. The van der Waals surface area contributed by atoms with Crippen LogP contribution in [0.15, 0.2) is 41.5 Å². The standard InChI is InChI=1S/C15H19N3O2/c1-15(2,11-7-5-4-6-8-11)9-16-13-12(20-3)14(19)18-10-17-13/h4-8,10H,9H2,1-3H3,(H2,16,17,18,19). The van der Waals surface area contributed by atoms with E-state index in [1.54, 1.807) is 0 Å². The van der Waals surface area contributed by atoms with E-state index in [-0.39, 0.29) is 16.7 Å². The molecule has 20 heavy (non-hydrogen) atoms. The third-order valence-electron chi connectivity index (χ3n) is 3.27. The van der Waals surface area contributed by atoms with Crippen LogP contribution in [0.5, 0.6) is 5.75 Å². The van der Waals surface area contributed by atoms with Gasteiger partial charge in [-0.3, -0.25) is 4.79 Å². The van der Waals surface area contributed by atoms with E-state index in [4.69, 9.17) is 4.74 Å². The number of aromatic amines is 1. The first-order valence-corrected chi connectivity index (χ1v) is 6.45. The van der Waals surface area contributed by atoms with Gasteiger partial charge in [0.1, 0.15) is 0 Å². The largest absolute Gasteiger partial charge is 0.489 e. The summed E-state index contributed by atoms with van der Waals surface area (Å²) >= 11 is 0. The van der Waals surface area contributed by atoms with Crippen molar-refractivity contribution in [2.75, 3.05) is 19.0 Å². The number of methoxy groups -OCH3 is 1. The van der Waals surface area contributed by atoms with Crippen LogP contribution in [-0.4, -0.2) is 23.6 Å². The predicted octanol–water partition coefficient (Wildman–Crippen LogP) is 2.17. The summed E-state index contributed by atoms with van der Waals surface area (Å²) in [7, 11) is 1.46. The Hall–Kier alpha value is -2.30. The van der Waals surface area contributed by atoms with E-state index in [2.05, 4.69) is 41.3 Å². The number of nitrogens with one attached hydrogen (secondary N) is 2. The number of benzene rings is 1. The Kier molecular flexibility index (Phi) is 4.08. The normalized spacial score (nSPS) is 11.2. The molecule has 1 heterocycles. The maximum absolute atomic E-state index is 11.6. The van der Waals surface area contributed by atoms with Crippen LogP contribution < -0.4 is 15.6 Å². The van der Waals surface area contributed by atoms with Crippen LogP contribution in [0.1, 0.15) is 19.4 Å². The molecule has 0 aliphatic carbocycles. The van der Waals surface area contributed by atoms with Crippen LogP contribution in [0, 0.1) is 0 Å². The van der Waals surface area contributed by atoms with Gasteiger partial charge >= 0.3 is 0 Å². The molecular formula is C15H19N3O2. The minimum Gasteiger partial charge on any atom is -0.489 e. The van der Waals surface area contributed by atoms with Gasteiger partial charge in [-0.05, 0) is 5.56 Å². The average Bonchev–Trinajstić information content (AvgIpc) is 2.46. The Bertz CT molecular complexity index is 621. The van der Waals surface area contributed by atoms with E-state index in [9.17, 15) is 4.79 Å². The van der Waals surface area contributed by atoms with Crippen molar-refractivity contribution >= 4 is 5.82 Å². The summed E-state index contributed by atoms with van der Waals surface area (Å²) in [5, 5.41) is 3.19. The highest BCUT2D eigenvalue weighted by molar-refractivity contribution is 5.48. The van der Waals surface area contributed by atoms with E-state index in [0.717, 1.165) is 0 Å². The zero-order chi connectivity index (χ0) is 14.6. The van der Waals surface area contributed by atoms with Crippen molar-refractivity contribution in [1.29, 1.82) is 0 Å². The van der Waals surface area contributed by atoms with Crippen molar-refractivity contribution in [3.63, 3.8) is 0 Å². The number of aromatic nitrogens is 2. The molecule has 1 aromatic carbocycles. The fourth-order valence-corrected chi connectivity index (χ4v) is 2.00. The van der Waals surface area contributed by atoms with Gasteiger partial charge < -0.3 is 15.0 Å². The number of rotatable bonds is 5. The summed E-state index contributed by atoms with van der Waals surface area (Å²) in [6, 6.07) is 10.2. The molecular weight excluding hydrogens is 254 g/mol. The Morgan fingerprint density at radius 3 is 2.65 bits per heavy atom. The topological polar surface area (TPSA) is 67.0 Å². The second-order valence-corrected chi connectivity index (χ2v) is 5.22. The minimum atomic E-state index is -0.289. The van der Waals surface area contributed by atoms with Gasteiger partial charge in [0.05, 0.1) is 13.4 Å². The summed E-state index contributed by atoms with van der Waals surface area (Å²) in [6.45, 7) is 4.91. The molecule has 0 saturated heterocycles. The summed E-state index contributed by atoms with van der Waals surface area (Å²) in [4.78, 5) is 18.2. The lowest BCUT2D eigenvalue weighted by Gasteiger charge is -2.26. The van der Waals surface area contributed by atoms with Crippen LogP contribution in [-0.2, 0) is 5.41 Å². The predicted molar refractivity (Wildman–Crippen MR) is 79.4 cm³/mol. The maximum atomic E-state index is 11.6. The summed E-state index contributed by atoms with van der Waals surface area (Å²) in [5.74, 6) is 0.664. The van der Waals surface area contributed by atoms with Gasteiger partial charge in [0.15, 0.2) is 5.82 Å².